The first kappa shape index (κ1) is 8.30. The minimum absolute atomic E-state index is 0.157. The third kappa shape index (κ3) is 1.61. The van der Waals surface area contributed by atoms with Crippen LogP contribution in [-0.2, 0) is 6.61 Å². The molecule has 0 unspecified atom stereocenters. The summed E-state index contributed by atoms with van der Waals surface area (Å²) in [5, 5.41) is 9.11. The van der Waals surface area contributed by atoms with Crippen LogP contribution in [0, 0.1) is 0 Å². The second-order valence-corrected chi connectivity index (χ2v) is 2.30. The molecule has 11 heavy (non-hydrogen) atoms. The fourth-order valence-electron chi connectivity index (χ4n) is 0.785. The van der Waals surface area contributed by atoms with Crippen molar-refractivity contribution in [3.05, 3.63) is 23.0 Å². The van der Waals surface area contributed by atoms with E-state index in [9.17, 15) is 0 Å². The maximum atomic E-state index is 8.83. The Morgan fingerprint density at radius 2 is 2.45 bits per heavy atom. The first-order valence-corrected chi connectivity index (χ1v) is 3.45. The summed E-state index contributed by atoms with van der Waals surface area (Å²) in [5.74, 6) is 0.562. The summed E-state index contributed by atoms with van der Waals surface area (Å²) >= 11 is 5.66. The zero-order chi connectivity index (χ0) is 8.27. The molecule has 1 aromatic rings. The standard InChI is InChI=1S/C7H8ClNO2/c1-11-6-2-3-9-7(8)5(6)4-10/h2-3,10H,4H2,1H3. The van der Waals surface area contributed by atoms with Crippen molar-refractivity contribution < 1.29 is 9.84 Å². The lowest BCUT2D eigenvalue weighted by Crippen LogP contribution is -1.94. The van der Waals surface area contributed by atoms with Gasteiger partial charge < -0.3 is 9.84 Å². The van der Waals surface area contributed by atoms with Crippen LogP contribution in [0.5, 0.6) is 5.75 Å². The third-order valence-electron chi connectivity index (χ3n) is 1.34. The van der Waals surface area contributed by atoms with Gasteiger partial charge in [0.25, 0.3) is 0 Å². The molecule has 0 aromatic carbocycles. The molecular weight excluding hydrogens is 166 g/mol. The van der Waals surface area contributed by atoms with Crippen LogP contribution in [-0.4, -0.2) is 17.2 Å². The SMILES string of the molecule is COc1ccnc(Cl)c1CO. The molecule has 0 saturated carbocycles. The molecule has 0 atom stereocenters. The summed E-state index contributed by atoms with van der Waals surface area (Å²) in [5.41, 5.74) is 0.525. The summed E-state index contributed by atoms with van der Waals surface area (Å²) in [6.45, 7) is -0.157. The zero-order valence-corrected chi connectivity index (χ0v) is 6.80. The Bertz CT molecular complexity index is 252. The van der Waals surface area contributed by atoms with Gasteiger partial charge in [0.2, 0.25) is 0 Å². The van der Waals surface area contributed by atoms with Gasteiger partial charge in [-0.15, -0.1) is 0 Å². The van der Waals surface area contributed by atoms with Gasteiger partial charge in [0.15, 0.2) is 0 Å². The Kier molecular flexibility index (Phi) is 2.68. The fourth-order valence-corrected chi connectivity index (χ4v) is 0.994. The molecule has 3 nitrogen and oxygen atoms in total. The Hall–Kier alpha value is -0.800. The molecule has 1 N–H and O–H groups in total. The van der Waals surface area contributed by atoms with E-state index in [2.05, 4.69) is 4.98 Å². The van der Waals surface area contributed by atoms with Gasteiger partial charge >= 0.3 is 0 Å². The molecule has 0 aliphatic carbocycles. The molecule has 0 radical (unpaired) electrons. The van der Waals surface area contributed by atoms with E-state index in [0.29, 0.717) is 11.3 Å². The monoisotopic (exact) mass is 173 g/mol. The van der Waals surface area contributed by atoms with Gasteiger partial charge in [-0.3, -0.25) is 0 Å². The van der Waals surface area contributed by atoms with Gasteiger partial charge in [-0.1, -0.05) is 11.6 Å². The molecule has 0 saturated heterocycles. The second-order valence-electron chi connectivity index (χ2n) is 1.94. The van der Waals surface area contributed by atoms with Crippen molar-refractivity contribution >= 4 is 11.6 Å². The van der Waals surface area contributed by atoms with E-state index in [0.717, 1.165) is 0 Å². The van der Waals surface area contributed by atoms with Gasteiger partial charge in [0.05, 0.1) is 19.3 Å². The lowest BCUT2D eigenvalue weighted by Gasteiger charge is -2.05. The molecule has 60 valence electrons. The highest BCUT2D eigenvalue weighted by molar-refractivity contribution is 6.30. The maximum Gasteiger partial charge on any atom is 0.138 e. The van der Waals surface area contributed by atoms with E-state index >= 15 is 0 Å². The summed E-state index contributed by atoms with van der Waals surface area (Å²) in [6.07, 6.45) is 1.53. The molecule has 0 aliphatic heterocycles. The Balaban J connectivity index is 3.13. The van der Waals surface area contributed by atoms with Crippen LogP contribution in [0.1, 0.15) is 5.56 Å². The highest BCUT2D eigenvalue weighted by Gasteiger charge is 2.05. The first-order chi connectivity index (χ1) is 5.29. The molecule has 0 aliphatic rings. The van der Waals surface area contributed by atoms with Crippen molar-refractivity contribution in [3.8, 4) is 5.75 Å². The number of hydrogen-bond donors (Lipinski definition) is 1. The highest BCUT2D eigenvalue weighted by atomic mass is 35.5. The van der Waals surface area contributed by atoms with Gasteiger partial charge in [0, 0.05) is 6.20 Å². The number of methoxy groups -OCH3 is 1. The number of halogens is 1. The first-order valence-electron chi connectivity index (χ1n) is 3.07. The molecule has 0 amide bonds. The van der Waals surface area contributed by atoms with E-state index in [4.69, 9.17) is 21.4 Å². The number of rotatable bonds is 2. The molecule has 0 bridgehead atoms. The van der Waals surface area contributed by atoms with E-state index < -0.39 is 0 Å². The lowest BCUT2D eigenvalue weighted by atomic mass is 10.3. The normalized spacial score (nSPS) is 9.73. The number of nitrogens with zero attached hydrogens (tertiary/aromatic N) is 1. The van der Waals surface area contributed by atoms with Crippen LogP contribution in [0.15, 0.2) is 12.3 Å². The van der Waals surface area contributed by atoms with E-state index in [1.54, 1.807) is 6.07 Å². The van der Waals surface area contributed by atoms with Crippen molar-refractivity contribution in [1.82, 2.24) is 4.98 Å². The number of pyridine rings is 1. The number of aliphatic hydroxyl groups is 1. The summed E-state index contributed by atoms with van der Waals surface area (Å²) in [7, 11) is 1.52. The van der Waals surface area contributed by atoms with Crippen molar-refractivity contribution in [1.29, 1.82) is 0 Å². The average Bonchev–Trinajstić information content (AvgIpc) is 2.04. The topological polar surface area (TPSA) is 42.4 Å². The van der Waals surface area contributed by atoms with Gasteiger partial charge in [-0.25, -0.2) is 4.98 Å². The average molecular weight is 174 g/mol. The van der Waals surface area contributed by atoms with Crippen molar-refractivity contribution in [2.24, 2.45) is 0 Å². The van der Waals surface area contributed by atoms with Gasteiger partial charge in [0.1, 0.15) is 10.9 Å². The van der Waals surface area contributed by atoms with Crippen LogP contribution in [0.4, 0.5) is 0 Å². The molecule has 4 heteroatoms. The van der Waals surface area contributed by atoms with Crippen LogP contribution in [0.2, 0.25) is 5.15 Å². The van der Waals surface area contributed by atoms with Crippen LogP contribution >= 0.6 is 11.6 Å². The minimum Gasteiger partial charge on any atom is -0.496 e. The Labute approximate surface area is 69.6 Å². The quantitative estimate of drug-likeness (QED) is 0.685. The predicted octanol–water partition coefficient (Wildman–Crippen LogP) is 1.24. The van der Waals surface area contributed by atoms with Gasteiger partial charge in [-0.05, 0) is 6.07 Å². The third-order valence-corrected chi connectivity index (χ3v) is 1.66. The lowest BCUT2D eigenvalue weighted by molar-refractivity contribution is 0.273. The molecular formula is C7H8ClNO2. The maximum absolute atomic E-state index is 8.83. The Morgan fingerprint density at radius 1 is 1.73 bits per heavy atom. The molecule has 1 rings (SSSR count). The van der Waals surface area contributed by atoms with Crippen molar-refractivity contribution in [2.45, 2.75) is 6.61 Å². The van der Waals surface area contributed by atoms with Crippen molar-refractivity contribution in [2.75, 3.05) is 7.11 Å². The molecule has 1 aromatic heterocycles. The van der Waals surface area contributed by atoms with Crippen LogP contribution in [0.3, 0.4) is 0 Å². The molecule has 0 spiro atoms. The van der Waals surface area contributed by atoms with Crippen LogP contribution in [0.25, 0.3) is 0 Å². The van der Waals surface area contributed by atoms with Crippen LogP contribution < -0.4 is 4.74 Å². The Morgan fingerprint density at radius 3 is 2.91 bits per heavy atom. The summed E-state index contributed by atoms with van der Waals surface area (Å²) in [4.78, 5) is 3.78. The fraction of sp³-hybridized carbons (Fsp3) is 0.286. The zero-order valence-electron chi connectivity index (χ0n) is 6.04. The molecule has 0 fully saturated rings. The number of ether oxygens (including phenoxy) is 1. The predicted molar refractivity (Wildman–Crippen MR) is 41.7 cm³/mol. The van der Waals surface area contributed by atoms with E-state index in [1.165, 1.54) is 13.3 Å². The number of hydrogen-bond acceptors (Lipinski definition) is 3. The van der Waals surface area contributed by atoms with Gasteiger partial charge in [-0.2, -0.15) is 0 Å². The number of aromatic nitrogens is 1. The summed E-state index contributed by atoms with van der Waals surface area (Å²) < 4.78 is 4.93. The van der Waals surface area contributed by atoms with E-state index in [-0.39, 0.29) is 11.8 Å². The highest BCUT2D eigenvalue weighted by Crippen LogP contribution is 2.23. The molecule has 1 heterocycles. The van der Waals surface area contributed by atoms with Crippen molar-refractivity contribution in [3.63, 3.8) is 0 Å². The number of aliphatic hydroxyl groups excluding tert-OH is 1. The van der Waals surface area contributed by atoms with E-state index in [1.807, 2.05) is 0 Å². The largest absolute Gasteiger partial charge is 0.496 e. The second kappa shape index (κ2) is 3.55. The minimum atomic E-state index is -0.157. The smallest absolute Gasteiger partial charge is 0.138 e. The summed E-state index contributed by atoms with van der Waals surface area (Å²) in [6, 6.07) is 1.65.